The Hall–Kier alpha value is -2.22. The number of H-pyrrole nitrogens is 2. The largest absolute Gasteiger partial charge is 0.477 e. The number of nitrogens with zero attached hydrogens (tertiary/aromatic N) is 4. The molecule has 8 nitrogen and oxygen atoms in total. The maximum absolute atomic E-state index is 11.1. The van der Waals surface area contributed by atoms with Crippen LogP contribution in [-0.4, -0.2) is 54.4 Å². The van der Waals surface area contributed by atoms with E-state index < -0.39 is 5.97 Å². The van der Waals surface area contributed by atoms with Crippen molar-refractivity contribution < 1.29 is 9.90 Å². The SMILES string of the molecule is Cc1nc(C2CCCN(Cc3cn[nH]c3C(=O)O)C2)n[nH]1. The standard InChI is InChI=1S/C13H18N6O2/c1-8-15-12(18-16-8)9-3-2-4-19(6-9)7-10-5-14-17-11(10)13(20)21/h5,9H,2-4,6-7H2,1H3,(H,14,17)(H,20,21)(H,15,16,18). The number of aromatic amines is 2. The van der Waals surface area contributed by atoms with Gasteiger partial charge in [-0.3, -0.25) is 15.1 Å². The van der Waals surface area contributed by atoms with Crippen LogP contribution < -0.4 is 0 Å². The Balaban J connectivity index is 1.69. The number of hydrogen-bond acceptors (Lipinski definition) is 5. The van der Waals surface area contributed by atoms with E-state index in [9.17, 15) is 4.79 Å². The van der Waals surface area contributed by atoms with Crippen molar-refractivity contribution in [1.29, 1.82) is 0 Å². The van der Waals surface area contributed by atoms with Gasteiger partial charge in [-0.05, 0) is 26.3 Å². The van der Waals surface area contributed by atoms with Crippen LogP contribution in [0.4, 0.5) is 0 Å². The van der Waals surface area contributed by atoms with Crippen molar-refractivity contribution in [3.05, 3.63) is 29.1 Å². The Morgan fingerprint density at radius 3 is 3.10 bits per heavy atom. The van der Waals surface area contributed by atoms with E-state index in [1.54, 1.807) is 6.20 Å². The number of aromatic carboxylic acids is 1. The zero-order chi connectivity index (χ0) is 14.8. The Bertz CT molecular complexity index is 634. The minimum atomic E-state index is -0.972. The van der Waals surface area contributed by atoms with Gasteiger partial charge in [0, 0.05) is 24.6 Å². The fourth-order valence-electron chi connectivity index (χ4n) is 2.81. The third kappa shape index (κ3) is 2.94. The molecule has 0 spiro atoms. The van der Waals surface area contributed by atoms with Crippen molar-refractivity contribution in [1.82, 2.24) is 30.3 Å². The highest BCUT2D eigenvalue weighted by Gasteiger charge is 2.25. The molecule has 1 aliphatic rings. The summed E-state index contributed by atoms with van der Waals surface area (Å²) >= 11 is 0. The normalized spacial score (nSPS) is 19.8. The molecule has 1 aliphatic heterocycles. The molecule has 3 rings (SSSR count). The highest BCUT2D eigenvalue weighted by Crippen LogP contribution is 2.25. The van der Waals surface area contributed by atoms with Crippen molar-refractivity contribution in [3.8, 4) is 0 Å². The van der Waals surface area contributed by atoms with Crippen molar-refractivity contribution in [2.45, 2.75) is 32.2 Å². The Labute approximate surface area is 121 Å². The zero-order valence-corrected chi connectivity index (χ0v) is 11.8. The van der Waals surface area contributed by atoms with Crippen LogP contribution in [-0.2, 0) is 6.54 Å². The molecule has 0 bridgehead atoms. The topological polar surface area (TPSA) is 111 Å². The molecule has 0 radical (unpaired) electrons. The van der Waals surface area contributed by atoms with E-state index in [1.807, 2.05) is 6.92 Å². The molecule has 112 valence electrons. The molecule has 0 saturated carbocycles. The van der Waals surface area contributed by atoms with Gasteiger partial charge in [-0.25, -0.2) is 9.78 Å². The molecule has 3 N–H and O–H groups in total. The van der Waals surface area contributed by atoms with E-state index in [-0.39, 0.29) is 5.69 Å². The first-order valence-electron chi connectivity index (χ1n) is 7.00. The predicted octanol–water partition coefficient (Wildman–Crippen LogP) is 0.914. The van der Waals surface area contributed by atoms with Gasteiger partial charge in [-0.1, -0.05) is 0 Å². The number of carboxylic acids is 1. The fraction of sp³-hybridized carbons (Fsp3) is 0.538. The second-order valence-electron chi connectivity index (χ2n) is 5.43. The lowest BCUT2D eigenvalue weighted by molar-refractivity contribution is 0.0687. The summed E-state index contributed by atoms with van der Waals surface area (Å²) in [5.74, 6) is 0.998. The summed E-state index contributed by atoms with van der Waals surface area (Å²) in [6.07, 6.45) is 3.70. The number of aryl methyl sites for hydroxylation is 1. The number of rotatable bonds is 4. The minimum absolute atomic E-state index is 0.172. The average Bonchev–Trinajstić information content (AvgIpc) is 3.08. The van der Waals surface area contributed by atoms with Crippen LogP contribution in [0.3, 0.4) is 0 Å². The molecule has 2 aromatic heterocycles. The predicted molar refractivity (Wildman–Crippen MR) is 73.9 cm³/mol. The van der Waals surface area contributed by atoms with Gasteiger partial charge in [0.15, 0.2) is 5.82 Å². The number of aromatic nitrogens is 5. The molecule has 1 atom stereocenters. The molecule has 1 saturated heterocycles. The third-order valence-electron chi connectivity index (χ3n) is 3.81. The van der Waals surface area contributed by atoms with Gasteiger partial charge in [0.2, 0.25) is 0 Å². The van der Waals surface area contributed by atoms with Gasteiger partial charge in [0.05, 0.1) is 6.20 Å². The molecule has 1 unspecified atom stereocenters. The van der Waals surface area contributed by atoms with Gasteiger partial charge in [-0.15, -0.1) is 0 Å². The number of nitrogens with one attached hydrogen (secondary N) is 2. The molecule has 21 heavy (non-hydrogen) atoms. The Kier molecular flexibility index (Phi) is 3.70. The quantitative estimate of drug-likeness (QED) is 0.772. The highest BCUT2D eigenvalue weighted by atomic mass is 16.4. The van der Waals surface area contributed by atoms with E-state index >= 15 is 0 Å². The summed E-state index contributed by atoms with van der Waals surface area (Å²) in [6.45, 7) is 4.26. The van der Waals surface area contributed by atoms with Gasteiger partial charge in [0.25, 0.3) is 0 Å². The lowest BCUT2D eigenvalue weighted by Gasteiger charge is -2.31. The van der Waals surface area contributed by atoms with Gasteiger partial charge >= 0.3 is 5.97 Å². The summed E-state index contributed by atoms with van der Waals surface area (Å²) in [5, 5.41) is 22.6. The highest BCUT2D eigenvalue weighted by molar-refractivity contribution is 5.86. The summed E-state index contributed by atoms with van der Waals surface area (Å²) in [7, 11) is 0. The van der Waals surface area contributed by atoms with Crippen molar-refractivity contribution in [2.24, 2.45) is 0 Å². The minimum Gasteiger partial charge on any atom is -0.477 e. The number of piperidine rings is 1. The van der Waals surface area contributed by atoms with E-state index in [0.29, 0.717) is 18.0 Å². The van der Waals surface area contributed by atoms with Crippen LogP contribution in [0.2, 0.25) is 0 Å². The second-order valence-corrected chi connectivity index (χ2v) is 5.43. The summed E-state index contributed by atoms with van der Waals surface area (Å²) < 4.78 is 0. The van der Waals surface area contributed by atoms with Crippen molar-refractivity contribution >= 4 is 5.97 Å². The first-order valence-corrected chi connectivity index (χ1v) is 7.00. The van der Waals surface area contributed by atoms with Crippen molar-refractivity contribution in [3.63, 3.8) is 0 Å². The first kappa shape index (κ1) is 13.7. The monoisotopic (exact) mass is 290 g/mol. The second kappa shape index (κ2) is 5.65. The van der Waals surface area contributed by atoms with E-state index in [1.165, 1.54) is 0 Å². The fourth-order valence-corrected chi connectivity index (χ4v) is 2.81. The smallest absolute Gasteiger partial charge is 0.354 e. The average molecular weight is 290 g/mol. The maximum Gasteiger partial charge on any atom is 0.354 e. The van der Waals surface area contributed by atoms with Crippen LogP contribution >= 0.6 is 0 Å². The summed E-state index contributed by atoms with van der Waals surface area (Å²) in [6, 6.07) is 0. The van der Waals surface area contributed by atoms with Crippen LogP contribution in [0.5, 0.6) is 0 Å². The van der Waals surface area contributed by atoms with E-state index in [2.05, 4.69) is 30.3 Å². The Morgan fingerprint density at radius 1 is 1.52 bits per heavy atom. The number of carboxylic acid groups (broad SMARTS) is 1. The zero-order valence-electron chi connectivity index (χ0n) is 11.8. The van der Waals surface area contributed by atoms with Gasteiger partial charge < -0.3 is 5.11 Å². The van der Waals surface area contributed by atoms with Gasteiger partial charge in [-0.2, -0.15) is 10.2 Å². The molecule has 0 amide bonds. The maximum atomic E-state index is 11.1. The van der Waals surface area contributed by atoms with E-state index in [0.717, 1.165) is 37.6 Å². The van der Waals surface area contributed by atoms with Crippen LogP contribution in [0.25, 0.3) is 0 Å². The van der Waals surface area contributed by atoms with Crippen molar-refractivity contribution in [2.75, 3.05) is 13.1 Å². The molecule has 2 aromatic rings. The first-order chi connectivity index (χ1) is 10.1. The Morgan fingerprint density at radius 2 is 2.38 bits per heavy atom. The number of likely N-dealkylation sites (tertiary alicyclic amines) is 1. The molecular weight excluding hydrogens is 272 g/mol. The molecule has 8 heteroatoms. The molecule has 1 fully saturated rings. The summed E-state index contributed by atoms with van der Waals surface area (Å²) in [4.78, 5) is 17.7. The molecule has 3 heterocycles. The van der Waals surface area contributed by atoms with Crippen LogP contribution in [0.15, 0.2) is 6.20 Å². The third-order valence-corrected chi connectivity index (χ3v) is 3.81. The molecule has 0 aromatic carbocycles. The molecule has 0 aliphatic carbocycles. The van der Waals surface area contributed by atoms with E-state index in [4.69, 9.17) is 5.11 Å². The molecular formula is C13H18N6O2. The summed E-state index contributed by atoms with van der Waals surface area (Å²) in [5.41, 5.74) is 0.889. The van der Waals surface area contributed by atoms with Crippen LogP contribution in [0, 0.1) is 6.92 Å². The van der Waals surface area contributed by atoms with Gasteiger partial charge in [0.1, 0.15) is 11.5 Å². The number of carbonyl (C=O) groups is 1. The van der Waals surface area contributed by atoms with Crippen LogP contribution in [0.1, 0.15) is 46.5 Å². The number of hydrogen-bond donors (Lipinski definition) is 3. The lowest BCUT2D eigenvalue weighted by Crippen LogP contribution is -2.34. The lowest BCUT2D eigenvalue weighted by atomic mass is 9.97.